The molecule has 264 valence electrons. The standard InChI is InChI=1S/C38H55N2O7P/c1-3-4-5-6-7-8-9-10-11-12-13-14-15-16-17-22-38(41)40-32(30-47-48(42,43)44)27-31-23-25-34(26-24-31)46-29-33-28-37(45-2)35-20-18-19-21-36(35)39-33/h10-11,18-21,23-26,28,32H,3-9,12-17,22,27,29-30H2,1-2H3,(H,40,41)(H2,42,43,44)/b11-10-/t32-/m0/s1. The molecule has 10 heteroatoms. The first-order chi connectivity index (χ1) is 23.3. The van der Waals surface area contributed by atoms with Crippen LogP contribution < -0.4 is 14.8 Å². The van der Waals surface area contributed by atoms with Crippen molar-refractivity contribution in [1.29, 1.82) is 0 Å². The predicted octanol–water partition coefficient (Wildman–Crippen LogP) is 9.00. The average Bonchev–Trinajstić information content (AvgIpc) is 3.07. The van der Waals surface area contributed by atoms with Gasteiger partial charge in [-0.3, -0.25) is 9.32 Å². The summed E-state index contributed by atoms with van der Waals surface area (Å²) < 4.78 is 27.6. The van der Waals surface area contributed by atoms with E-state index in [1.54, 1.807) is 7.11 Å². The summed E-state index contributed by atoms with van der Waals surface area (Å²) in [6, 6.07) is 16.4. The van der Waals surface area contributed by atoms with Gasteiger partial charge in [-0.25, -0.2) is 9.55 Å². The number of hydrogen-bond donors (Lipinski definition) is 3. The van der Waals surface area contributed by atoms with Crippen LogP contribution in [-0.2, 0) is 26.9 Å². The lowest BCUT2D eigenvalue weighted by molar-refractivity contribution is -0.122. The van der Waals surface area contributed by atoms with Crippen LogP contribution in [0.15, 0.2) is 66.7 Å². The Balaban J connectivity index is 1.37. The molecule has 9 nitrogen and oxygen atoms in total. The number of hydrogen-bond acceptors (Lipinski definition) is 6. The fourth-order valence-corrected chi connectivity index (χ4v) is 5.97. The summed E-state index contributed by atoms with van der Waals surface area (Å²) in [5.74, 6) is 1.23. The van der Waals surface area contributed by atoms with Crippen molar-refractivity contribution in [2.75, 3.05) is 13.7 Å². The molecule has 3 rings (SSSR count). The summed E-state index contributed by atoms with van der Waals surface area (Å²) in [6.07, 6.45) is 20.8. The number of ether oxygens (including phenoxy) is 2. The minimum absolute atomic E-state index is 0.148. The Kier molecular flexibility index (Phi) is 18.3. The molecule has 0 saturated heterocycles. The van der Waals surface area contributed by atoms with Gasteiger partial charge in [0, 0.05) is 17.9 Å². The van der Waals surface area contributed by atoms with Crippen LogP contribution in [0.5, 0.6) is 11.5 Å². The van der Waals surface area contributed by atoms with Crippen molar-refractivity contribution >= 4 is 24.6 Å². The quantitative estimate of drug-likeness (QED) is 0.0459. The molecule has 0 spiro atoms. The van der Waals surface area contributed by atoms with Crippen molar-refractivity contribution in [3.05, 3.63) is 78.0 Å². The third-order valence-electron chi connectivity index (χ3n) is 8.22. The van der Waals surface area contributed by atoms with Crippen molar-refractivity contribution in [3.8, 4) is 11.5 Å². The number of fused-ring (bicyclic) bond motifs is 1. The summed E-state index contributed by atoms with van der Waals surface area (Å²) in [4.78, 5) is 35.8. The van der Waals surface area contributed by atoms with Crippen molar-refractivity contribution in [2.24, 2.45) is 0 Å². The van der Waals surface area contributed by atoms with E-state index in [0.717, 1.165) is 60.0 Å². The van der Waals surface area contributed by atoms with E-state index >= 15 is 0 Å². The topological polar surface area (TPSA) is 127 Å². The minimum Gasteiger partial charge on any atom is -0.496 e. The lowest BCUT2D eigenvalue weighted by Gasteiger charge is -2.19. The number of nitrogens with zero attached hydrogens (tertiary/aromatic N) is 1. The van der Waals surface area contributed by atoms with Gasteiger partial charge in [-0.1, -0.05) is 94.7 Å². The Morgan fingerprint density at radius 2 is 1.54 bits per heavy atom. The monoisotopic (exact) mass is 682 g/mol. The number of phosphoric acid groups is 1. The summed E-state index contributed by atoms with van der Waals surface area (Å²) in [6.45, 7) is 2.21. The van der Waals surface area contributed by atoms with Gasteiger partial charge < -0.3 is 24.6 Å². The van der Waals surface area contributed by atoms with Crippen LogP contribution in [-0.4, -0.2) is 40.4 Å². The molecule has 1 aromatic heterocycles. The van der Waals surface area contributed by atoms with Crippen LogP contribution in [0.4, 0.5) is 0 Å². The van der Waals surface area contributed by atoms with E-state index in [4.69, 9.17) is 14.0 Å². The number of benzene rings is 2. The Hall–Kier alpha value is -3.23. The van der Waals surface area contributed by atoms with Crippen molar-refractivity contribution in [3.63, 3.8) is 0 Å². The van der Waals surface area contributed by atoms with E-state index in [9.17, 15) is 19.1 Å². The maximum absolute atomic E-state index is 12.7. The maximum atomic E-state index is 12.7. The molecule has 0 aliphatic carbocycles. The molecule has 1 atom stereocenters. The molecule has 0 fully saturated rings. The molecule has 1 heterocycles. The van der Waals surface area contributed by atoms with Crippen LogP contribution in [0.3, 0.4) is 0 Å². The van der Waals surface area contributed by atoms with Crippen LogP contribution in [0.1, 0.15) is 108 Å². The Labute approximate surface area is 286 Å². The number of unbranched alkanes of at least 4 members (excludes halogenated alkanes) is 11. The van der Waals surface area contributed by atoms with Crippen LogP contribution in [0.25, 0.3) is 10.9 Å². The van der Waals surface area contributed by atoms with Gasteiger partial charge in [-0.05, 0) is 68.4 Å². The second-order valence-electron chi connectivity index (χ2n) is 12.4. The summed E-state index contributed by atoms with van der Waals surface area (Å²) in [5, 5.41) is 3.84. The largest absolute Gasteiger partial charge is 0.496 e. The van der Waals surface area contributed by atoms with E-state index < -0.39 is 13.9 Å². The first-order valence-electron chi connectivity index (χ1n) is 17.6. The number of nitrogens with one attached hydrogen (secondary N) is 1. The van der Waals surface area contributed by atoms with Gasteiger partial charge in [-0.2, -0.15) is 0 Å². The number of carbonyl (C=O) groups excluding carboxylic acids is 1. The number of aromatic nitrogens is 1. The lowest BCUT2D eigenvalue weighted by atomic mass is 10.1. The fraction of sp³-hybridized carbons (Fsp3) is 0.526. The molecule has 0 radical (unpaired) electrons. The van der Waals surface area contributed by atoms with Gasteiger partial charge in [0.2, 0.25) is 5.91 Å². The number of methoxy groups -OCH3 is 1. The van der Waals surface area contributed by atoms with Gasteiger partial charge >= 0.3 is 7.82 Å². The molecule has 3 aromatic rings. The summed E-state index contributed by atoms with van der Waals surface area (Å²) in [7, 11) is -3.05. The molecule has 0 saturated carbocycles. The highest BCUT2D eigenvalue weighted by molar-refractivity contribution is 7.46. The predicted molar refractivity (Wildman–Crippen MR) is 192 cm³/mol. The molecule has 0 unspecified atom stereocenters. The number of carbonyl (C=O) groups is 1. The van der Waals surface area contributed by atoms with Crippen molar-refractivity contribution in [2.45, 2.75) is 116 Å². The van der Waals surface area contributed by atoms with Gasteiger partial charge in [0.05, 0.1) is 31.0 Å². The molecular formula is C38H55N2O7P. The Bertz CT molecular complexity index is 1420. The number of phosphoric ester groups is 1. The third-order valence-corrected chi connectivity index (χ3v) is 8.70. The number of rotatable bonds is 25. The highest BCUT2D eigenvalue weighted by Crippen LogP contribution is 2.36. The molecule has 0 bridgehead atoms. The zero-order chi connectivity index (χ0) is 34.5. The zero-order valence-electron chi connectivity index (χ0n) is 28.8. The number of pyridine rings is 1. The maximum Gasteiger partial charge on any atom is 0.469 e. The zero-order valence-corrected chi connectivity index (χ0v) is 29.7. The van der Waals surface area contributed by atoms with E-state index in [0.29, 0.717) is 18.6 Å². The first kappa shape index (κ1) is 39.2. The highest BCUT2D eigenvalue weighted by Gasteiger charge is 2.20. The third kappa shape index (κ3) is 16.2. The van der Waals surface area contributed by atoms with E-state index in [-0.39, 0.29) is 19.1 Å². The Morgan fingerprint density at radius 3 is 2.21 bits per heavy atom. The molecular weight excluding hydrogens is 627 g/mol. The minimum atomic E-state index is -4.68. The van der Waals surface area contributed by atoms with Crippen LogP contribution >= 0.6 is 7.82 Å². The lowest BCUT2D eigenvalue weighted by Crippen LogP contribution is -2.39. The van der Waals surface area contributed by atoms with E-state index in [1.165, 1.54) is 51.4 Å². The molecule has 1 amide bonds. The van der Waals surface area contributed by atoms with Gasteiger partial charge in [0.25, 0.3) is 0 Å². The SMILES string of the molecule is CCCCCCCC/C=C\CCCCCCCC(=O)N[C@H](COP(=O)(O)O)Cc1ccc(OCc2cc(OC)c3ccccc3n2)cc1. The normalized spacial score (nSPS) is 12.4. The number of para-hydroxylation sites is 1. The Morgan fingerprint density at radius 1 is 0.896 bits per heavy atom. The van der Waals surface area contributed by atoms with Gasteiger partial charge in [0.1, 0.15) is 18.1 Å². The van der Waals surface area contributed by atoms with Crippen molar-refractivity contribution < 1.29 is 33.1 Å². The highest BCUT2D eigenvalue weighted by atomic mass is 31.2. The number of allylic oxidation sites excluding steroid dienone is 2. The molecule has 3 N–H and O–H groups in total. The first-order valence-corrected chi connectivity index (χ1v) is 19.1. The van der Waals surface area contributed by atoms with Gasteiger partial charge in [-0.15, -0.1) is 0 Å². The molecule has 2 aromatic carbocycles. The van der Waals surface area contributed by atoms with E-state index in [1.807, 2.05) is 54.6 Å². The molecule has 48 heavy (non-hydrogen) atoms. The van der Waals surface area contributed by atoms with Crippen molar-refractivity contribution in [1.82, 2.24) is 10.3 Å². The number of amides is 1. The van der Waals surface area contributed by atoms with E-state index in [2.05, 4.69) is 29.4 Å². The molecule has 0 aliphatic heterocycles. The average molecular weight is 683 g/mol. The summed E-state index contributed by atoms with van der Waals surface area (Å²) >= 11 is 0. The summed E-state index contributed by atoms with van der Waals surface area (Å²) in [5.41, 5.74) is 2.43. The smallest absolute Gasteiger partial charge is 0.469 e. The van der Waals surface area contributed by atoms with Gasteiger partial charge in [0.15, 0.2) is 0 Å². The second-order valence-corrected chi connectivity index (χ2v) is 13.6. The van der Waals surface area contributed by atoms with Crippen LogP contribution in [0.2, 0.25) is 0 Å². The van der Waals surface area contributed by atoms with Crippen LogP contribution in [0, 0.1) is 0 Å². The fourth-order valence-electron chi connectivity index (χ4n) is 5.60. The second kappa shape index (κ2) is 22.4. The molecule has 0 aliphatic rings.